The van der Waals surface area contributed by atoms with Crippen molar-refractivity contribution >= 4 is 33.3 Å². The highest BCUT2D eigenvalue weighted by atomic mass is 79.9. The molecule has 1 rings (SSSR count). The summed E-state index contributed by atoms with van der Waals surface area (Å²) in [6.07, 6.45) is 0.579. The Morgan fingerprint density at radius 2 is 2.29 bits per heavy atom. The summed E-state index contributed by atoms with van der Waals surface area (Å²) in [6.45, 7) is 1.53. The fourth-order valence-electron chi connectivity index (χ4n) is 1.03. The van der Waals surface area contributed by atoms with Crippen LogP contribution in [-0.2, 0) is 11.2 Å². The highest BCUT2D eigenvalue weighted by Crippen LogP contribution is 2.24. The molecule has 0 bridgehead atoms. The minimum Gasteiger partial charge on any atom is -0.506 e. The third kappa shape index (κ3) is 3.00. The maximum Gasteiger partial charge on any atom is 0.143 e. The lowest BCUT2D eigenvalue weighted by molar-refractivity contribution is -0.116. The van der Waals surface area contributed by atoms with Crippen molar-refractivity contribution in [1.82, 2.24) is 0 Å². The van der Waals surface area contributed by atoms with E-state index >= 15 is 0 Å². The van der Waals surface area contributed by atoms with Gasteiger partial charge in [0.25, 0.3) is 0 Å². The van der Waals surface area contributed by atoms with Crippen molar-refractivity contribution in [2.45, 2.75) is 18.2 Å². The highest BCUT2D eigenvalue weighted by Gasteiger charge is 2.11. The predicted molar refractivity (Wildman–Crippen MR) is 60.2 cm³/mol. The molecule has 4 heteroatoms. The van der Waals surface area contributed by atoms with Crippen LogP contribution >= 0.6 is 27.5 Å². The summed E-state index contributed by atoms with van der Waals surface area (Å²) in [7, 11) is 0. The molecule has 1 atom stereocenters. The van der Waals surface area contributed by atoms with E-state index in [0.717, 1.165) is 5.56 Å². The van der Waals surface area contributed by atoms with Crippen LogP contribution in [0, 0.1) is 0 Å². The van der Waals surface area contributed by atoms with E-state index in [9.17, 15) is 9.90 Å². The first-order valence-electron chi connectivity index (χ1n) is 4.12. The van der Waals surface area contributed by atoms with Gasteiger partial charge in [-0.3, -0.25) is 4.79 Å². The Morgan fingerprint density at radius 3 is 2.79 bits per heavy atom. The molecule has 0 amide bonds. The van der Waals surface area contributed by atoms with Crippen molar-refractivity contribution in [3.8, 4) is 5.75 Å². The Labute approximate surface area is 96.0 Å². The van der Waals surface area contributed by atoms with Crippen LogP contribution in [0.4, 0.5) is 0 Å². The number of benzene rings is 1. The van der Waals surface area contributed by atoms with Crippen LogP contribution in [0.3, 0.4) is 0 Å². The molecule has 0 aliphatic heterocycles. The molecule has 1 unspecified atom stereocenters. The molecule has 0 spiro atoms. The Morgan fingerprint density at radius 1 is 1.64 bits per heavy atom. The second kappa shape index (κ2) is 4.80. The molecule has 14 heavy (non-hydrogen) atoms. The summed E-state index contributed by atoms with van der Waals surface area (Å²) >= 11 is 8.99. The average Bonchev–Trinajstić information content (AvgIpc) is 2.11. The van der Waals surface area contributed by atoms with E-state index < -0.39 is 0 Å². The fourth-order valence-corrected chi connectivity index (χ4v) is 1.61. The van der Waals surface area contributed by atoms with Crippen LogP contribution in [0.2, 0.25) is 5.02 Å². The van der Waals surface area contributed by atoms with Crippen LogP contribution < -0.4 is 0 Å². The van der Waals surface area contributed by atoms with Crippen molar-refractivity contribution < 1.29 is 9.90 Å². The largest absolute Gasteiger partial charge is 0.506 e. The Balaban J connectivity index is 2.78. The van der Waals surface area contributed by atoms with Crippen LogP contribution in [0.5, 0.6) is 5.75 Å². The number of ketones is 1. The van der Waals surface area contributed by atoms with Crippen LogP contribution in [0.1, 0.15) is 12.5 Å². The maximum atomic E-state index is 11.0. The predicted octanol–water partition coefficient (Wildman–Crippen LogP) is 2.94. The van der Waals surface area contributed by atoms with Crippen LogP contribution in [0.25, 0.3) is 0 Å². The van der Waals surface area contributed by atoms with Gasteiger partial charge >= 0.3 is 0 Å². The Kier molecular flexibility index (Phi) is 3.96. The van der Waals surface area contributed by atoms with Gasteiger partial charge in [-0.05, 0) is 31.0 Å². The number of hydrogen-bond donors (Lipinski definition) is 1. The third-order valence-corrected chi connectivity index (χ3v) is 3.14. The molecule has 0 saturated heterocycles. The normalized spacial score (nSPS) is 12.5. The van der Waals surface area contributed by atoms with Crippen LogP contribution in [-0.4, -0.2) is 15.7 Å². The molecule has 0 aliphatic rings. The number of carbonyl (C=O) groups excluding carboxylic acids is 1. The van der Waals surface area contributed by atoms with E-state index in [1.807, 2.05) is 0 Å². The van der Waals surface area contributed by atoms with Crippen molar-refractivity contribution in [2.75, 3.05) is 0 Å². The van der Waals surface area contributed by atoms with Gasteiger partial charge in [0.1, 0.15) is 11.5 Å². The van der Waals surface area contributed by atoms with Gasteiger partial charge in [-0.15, -0.1) is 0 Å². The van der Waals surface area contributed by atoms with Crippen molar-refractivity contribution in [3.63, 3.8) is 0 Å². The third-order valence-electron chi connectivity index (χ3n) is 1.87. The number of alkyl halides is 1. The summed E-state index contributed by atoms with van der Waals surface area (Å²) < 4.78 is 0. The molecular weight excluding hydrogens is 267 g/mol. The van der Waals surface area contributed by atoms with E-state index in [2.05, 4.69) is 15.9 Å². The molecule has 1 aromatic carbocycles. The summed E-state index contributed by atoms with van der Waals surface area (Å²) in [5.74, 6) is 0.138. The Hall–Kier alpha value is -0.540. The molecule has 0 fully saturated rings. The number of aromatic hydroxyl groups is 1. The number of halogens is 2. The van der Waals surface area contributed by atoms with E-state index in [4.69, 9.17) is 11.6 Å². The van der Waals surface area contributed by atoms with Crippen molar-refractivity contribution in [1.29, 1.82) is 0 Å². The standard InChI is InChI=1S/C10H10BrClO2/c1-6(13)8(11)4-7-2-3-10(14)9(12)5-7/h2-3,5,8,14H,4H2,1H3. The van der Waals surface area contributed by atoms with Gasteiger partial charge in [-0.25, -0.2) is 0 Å². The molecule has 0 aliphatic carbocycles. The average molecular weight is 278 g/mol. The minimum absolute atomic E-state index is 0.0596. The van der Waals surface area contributed by atoms with E-state index in [1.165, 1.54) is 13.0 Å². The van der Waals surface area contributed by atoms with Gasteiger partial charge in [0, 0.05) is 0 Å². The van der Waals surface area contributed by atoms with E-state index in [0.29, 0.717) is 11.4 Å². The molecule has 1 aromatic rings. The zero-order valence-electron chi connectivity index (χ0n) is 7.63. The first kappa shape index (κ1) is 11.5. The van der Waals surface area contributed by atoms with E-state index in [-0.39, 0.29) is 16.4 Å². The highest BCUT2D eigenvalue weighted by molar-refractivity contribution is 9.10. The van der Waals surface area contributed by atoms with Crippen LogP contribution in [0.15, 0.2) is 18.2 Å². The summed E-state index contributed by atoms with van der Waals surface area (Å²) in [6, 6.07) is 4.93. The SMILES string of the molecule is CC(=O)C(Br)Cc1ccc(O)c(Cl)c1. The molecule has 76 valence electrons. The molecule has 2 nitrogen and oxygen atoms in total. The summed E-state index contributed by atoms with van der Waals surface area (Å²) in [5.41, 5.74) is 0.921. The number of Topliss-reactive ketones (excluding diaryl/α,β-unsaturated/α-hetero) is 1. The van der Waals surface area contributed by atoms with Gasteiger partial charge in [0.15, 0.2) is 0 Å². The summed E-state index contributed by atoms with van der Waals surface area (Å²) in [5, 5.41) is 9.49. The number of rotatable bonds is 3. The van der Waals surface area contributed by atoms with Crippen molar-refractivity contribution in [3.05, 3.63) is 28.8 Å². The maximum absolute atomic E-state index is 11.0. The number of carbonyl (C=O) groups is 1. The fraction of sp³-hybridized carbons (Fsp3) is 0.300. The first-order valence-corrected chi connectivity index (χ1v) is 5.42. The van der Waals surface area contributed by atoms with Gasteiger partial charge in [0.2, 0.25) is 0 Å². The second-order valence-corrected chi connectivity index (χ2v) is 4.58. The zero-order valence-corrected chi connectivity index (χ0v) is 9.97. The van der Waals surface area contributed by atoms with Gasteiger partial charge in [-0.1, -0.05) is 33.6 Å². The lowest BCUT2D eigenvalue weighted by Crippen LogP contribution is -2.12. The Bertz CT molecular complexity index is 352. The number of phenolic OH excluding ortho intramolecular Hbond substituents is 1. The topological polar surface area (TPSA) is 37.3 Å². The molecule has 0 heterocycles. The second-order valence-electron chi connectivity index (χ2n) is 3.07. The molecule has 0 aromatic heterocycles. The van der Waals surface area contributed by atoms with E-state index in [1.54, 1.807) is 12.1 Å². The lowest BCUT2D eigenvalue weighted by atomic mass is 10.1. The van der Waals surface area contributed by atoms with Gasteiger partial charge in [0.05, 0.1) is 9.85 Å². The zero-order chi connectivity index (χ0) is 10.7. The molecule has 0 radical (unpaired) electrons. The molecule has 1 N–H and O–H groups in total. The summed E-state index contributed by atoms with van der Waals surface area (Å²) in [4.78, 5) is 10.8. The quantitative estimate of drug-likeness (QED) is 0.863. The number of phenols is 1. The first-order chi connectivity index (χ1) is 6.50. The smallest absolute Gasteiger partial charge is 0.143 e. The van der Waals surface area contributed by atoms with Gasteiger partial charge in [-0.2, -0.15) is 0 Å². The van der Waals surface area contributed by atoms with Crippen molar-refractivity contribution in [2.24, 2.45) is 0 Å². The minimum atomic E-state index is -0.192. The number of hydrogen-bond acceptors (Lipinski definition) is 2. The molecular formula is C10H10BrClO2. The lowest BCUT2D eigenvalue weighted by Gasteiger charge is -2.06. The van der Waals surface area contributed by atoms with Gasteiger partial charge < -0.3 is 5.11 Å². The monoisotopic (exact) mass is 276 g/mol. The molecule has 0 saturated carbocycles.